The van der Waals surface area contributed by atoms with Crippen LogP contribution in [0, 0.1) is 0 Å². The van der Waals surface area contributed by atoms with Gasteiger partial charge < -0.3 is 10.4 Å². The molecule has 2 aromatic rings. The van der Waals surface area contributed by atoms with Gasteiger partial charge in [-0.2, -0.15) is 4.31 Å². The summed E-state index contributed by atoms with van der Waals surface area (Å²) < 4.78 is 27.6. The molecule has 0 spiro atoms. The Morgan fingerprint density at radius 2 is 1.62 bits per heavy atom. The van der Waals surface area contributed by atoms with Crippen molar-refractivity contribution in [3.63, 3.8) is 0 Å². The highest BCUT2D eigenvalue weighted by Gasteiger charge is 2.31. The van der Waals surface area contributed by atoms with Crippen molar-refractivity contribution in [1.82, 2.24) is 14.5 Å². The molecular formula is C24H33N3O4S. The lowest BCUT2D eigenvalue weighted by Gasteiger charge is -2.37. The van der Waals surface area contributed by atoms with Crippen LogP contribution in [0.1, 0.15) is 43.1 Å². The van der Waals surface area contributed by atoms with E-state index >= 15 is 0 Å². The summed E-state index contributed by atoms with van der Waals surface area (Å²) in [6.45, 7) is 7.90. The van der Waals surface area contributed by atoms with Crippen LogP contribution in [0.2, 0.25) is 0 Å². The lowest BCUT2D eigenvalue weighted by molar-refractivity contribution is 0.0880. The first kappa shape index (κ1) is 24.4. The fourth-order valence-electron chi connectivity index (χ4n) is 4.02. The molecule has 0 bridgehead atoms. The Hall–Kier alpha value is -2.26. The zero-order valence-electron chi connectivity index (χ0n) is 19.0. The Labute approximate surface area is 191 Å². The van der Waals surface area contributed by atoms with E-state index in [0.29, 0.717) is 31.7 Å². The van der Waals surface area contributed by atoms with Crippen LogP contribution in [0.3, 0.4) is 0 Å². The first-order chi connectivity index (χ1) is 15.2. The van der Waals surface area contributed by atoms with Crippen molar-refractivity contribution in [2.45, 2.75) is 43.7 Å². The van der Waals surface area contributed by atoms with Crippen molar-refractivity contribution >= 4 is 15.9 Å². The van der Waals surface area contributed by atoms with Gasteiger partial charge in [0.15, 0.2) is 0 Å². The number of rotatable bonds is 8. The zero-order chi connectivity index (χ0) is 23.4. The van der Waals surface area contributed by atoms with E-state index in [1.54, 1.807) is 12.1 Å². The molecule has 1 fully saturated rings. The average Bonchev–Trinajstić information content (AvgIpc) is 2.80. The molecule has 8 heteroatoms. The van der Waals surface area contributed by atoms with E-state index in [4.69, 9.17) is 0 Å². The van der Waals surface area contributed by atoms with E-state index in [-0.39, 0.29) is 23.5 Å². The predicted octanol–water partition coefficient (Wildman–Crippen LogP) is 2.43. The smallest absolute Gasteiger partial charge is 0.251 e. The van der Waals surface area contributed by atoms with Crippen LogP contribution in [0.15, 0.2) is 59.5 Å². The summed E-state index contributed by atoms with van der Waals surface area (Å²) >= 11 is 0. The Balaban J connectivity index is 1.66. The number of aliphatic hydroxyl groups excluding tert-OH is 1. The molecule has 3 rings (SSSR count). The molecule has 1 heterocycles. The summed E-state index contributed by atoms with van der Waals surface area (Å²) in [4.78, 5) is 15.1. The van der Waals surface area contributed by atoms with Gasteiger partial charge in [0.1, 0.15) is 0 Å². The molecule has 1 atom stereocenters. The maximum Gasteiger partial charge on any atom is 0.251 e. The lowest BCUT2D eigenvalue weighted by atomic mass is 9.94. The second kappa shape index (κ2) is 10.1. The summed E-state index contributed by atoms with van der Waals surface area (Å²) in [7, 11) is -3.63. The zero-order valence-corrected chi connectivity index (χ0v) is 19.8. The molecule has 2 aromatic carbocycles. The van der Waals surface area contributed by atoms with Crippen LogP contribution in [0.5, 0.6) is 0 Å². The van der Waals surface area contributed by atoms with Gasteiger partial charge in [0.25, 0.3) is 5.91 Å². The number of sulfonamides is 1. The van der Waals surface area contributed by atoms with Crippen LogP contribution in [0.4, 0.5) is 0 Å². The number of nitrogens with zero attached hydrogens (tertiary/aromatic N) is 2. The quantitative estimate of drug-likeness (QED) is 0.633. The molecule has 1 aliphatic rings. The molecule has 0 saturated carbocycles. The van der Waals surface area contributed by atoms with Crippen molar-refractivity contribution in [3.8, 4) is 0 Å². The van der Waals surface area contributed by atoms with Crippen molar-refractivity contribution in [1.29, 1.82) is 0 Å². The summed E-state index contributed by atoms with van der Waals surface area (Å²) in [6.07, 6.45) is 0.827. The number of piperazine rings is 1. The minimum absolute atomic E-state index is 0.0674. The van der Waals surface area contributed by atoms with E-state index < -0.39 is 15.6 Å². The standard InChI is InChI=1S/C24H33N3O4S/c1-4-21(18-28)26-14-16-27(17-15-26)32(30,31)22-12-10-19(11-13-22)23(29)25-24(2,3)20-8-6-5-7-9-20/h5-13,21,28H,4,14-18H2,1-3H3,(H,25,29)/t21-/m0/s1. The molecule has 1 amide bonds. The number of aliphatic hydroxyl groups is 1. The first-order valence-electron chi connectivity index (χ1n) is 11.0. The highest BCUT2D eigenvalue weighted by molar-refractivity contribution is 7.89. The van der Waals surface area contributed by atoms with Gasteiger partial charge in [-0.3, -0.25) is 9.69 Å². The first-order valence-corrected chi connectivity index (χ1v) is 12.5. The molecule has 0 radical (unpaired) electrons. The monoisotopic (exact) mass is 459 g/mol. The number of hydrogen-bond donors (Lipinski definition) is 2. The molecule has 0 aromatic heterocycles. The van der Waals surface area contributed by atoms with Gasteiger partial charge in [-0.05, 0) is 50.1 Å². The van der Waals surface area contributed by atoms with Gasteiger partial charge in [-0.15, -0.1) is 0 Å². The molecule has 0 aliphatic carbocycles. The Morgan fingerprint density at radius 1 is 1.03 bits per heavy atom. The third kappa shape index (κ3) is 5.38. The normalized spacial score (nSPS) is 17.1. The SMILES string of the molecule is CC[C@@H](CO)N1CCN(S(=O)(=O)c2ccc(C(=O)NC(C)(C)c3ccccc3)cc2)CC1. The third-order valence-corrected chi connectivity index (χ3v) is 8.06. The number of carbonyl (C=O) groups excluding carboxylic acids is 1. The maximum atomic E-state index is 13.1. The molecule has 7 nitrogen and oxygen atoms in total. The maximum absolute atomic E-state index is 13.1. The summed E-state index contributed by atoms with van der Waals surface area (Å²) in [5.74, 6) is -0.258. The Bertz CT molecular complexity index is 995. The van der Waals surface area contributed by atoms with Gasteiger partial charge >= 0.3 is 0 Å². The third-order valence-electron chi connectivity index (χ3n) is 6.15. The second-order valence-corrected chi connectivity index (χ2v) is 10.6. The van der Waals surface area contributed by atoms with Gasteiger partial charge in [0.2, 0.25) is 10.0 Å². The number of carbonyl (C=O) groups is 1. The number of amides is 1. The minimum Gasteiger partial charge on any atom is -0.395 e. The summed E-state index contributed by atoms with van der Waals surface area (Å²) in [5, 5.41) is 12.5. The van der Waals surface area contributed by atoms with E-state index in [1.807, 2.05) is 51.1 Å². The van der Waals surface area contributed by atoms with Gasteiger partial charge in [-0.25, -0.2) is 8.42 Å². The minimum atomic E-state index is -3.63. The van der Waals surface area contributed by atoms with E-state index in [2.05, 4.69) is 10.2 Å². The van der Waals surface area contributed by atoms with E-state index in [0.717, 1.165) is 12.0 Å². The van der Waals surface area contributed by atoms with E-state index in [1.165, 1.54) is 16.4 Å². The topological polar surface area (TPSA) is 90.0 Å². The largest absolute Gasteiger partial charge is 0.395 e. The van der Waals surface area contributed by atoms with Crippen LogP contribution in [0.25, 0.3) is 0 Å². The summed E-state index contributed by atoms with van der Waals surface area (Å²) in [6, 6.07) is 15.9. The van der Waals surface area contributed by atoms with Crippen molar-refractivity contribution in [2.75, 3.05) is 32.8 Å². The predicted molar refractivity (Wildman–Crippen MR) is 125 cm³/mol. The van der Waals surface area contributed by atoms with Crippen molar-refractivity contribution in [3.05, 3.63) is 65.7 Å². The van der Waals surface area contributed by atoms with Crippen LogP contribution >= 0.6 is 0 Å². The molecule has 174 valence electrons. The fraction of sp³-hybridized carbons (Fsp3) is 0.458. The Kier molecular flexibility index (Phi) is 7.71. The van der Waals surface area contributed by atoms with Gasteiger partial charge in [0, 0.05) is 37.8 Å². The molecular weight excluding hydrogens is 426 g/mol. The molecule has 2 N–H and O–H groups in total. The van der Waals surface area contributed by atoms with E-state index in [9.17, 15) is 18.3 Å². The van der Waals surface area contributed by atoms with Crippen LogP contribution in [-0.4, -0.2) is 67.5 Å². The number of nitrogens with one attached hydrogen (secondary N) is 1. The molecule has 32 heavy (non-hydrogen) atoms. The van der Waals surface area contributed by atoms with Gasteiger partial charge in [-0.1, -0.05) is 37.3 Å². The van der Waals surface area contributed by atoms with Crippen LogP contribution in [-0.2, 0) is 15.6 Å². The molecule has 1 aliphatic heterocycles. The van der Waals surface area contributed by atoms with Crippen molar-refractivity contribution < 1.29 is 18.3 Å². The highest BCUT2D eigenvalue weighted by atomic mass is 32.2. The lowest BCUT2D eigenvalue weighted by Crippen LogP contribution is -2.52. The molecule has 1 saturated heterocycles. The molecule has 0 unspecified atom stereocenters. The number of benzene rings is 2. The number of hydrogen-bond acceptors (Lipinski definition) is 5. The van der Waals surface area contributed by atoms with Gasteiger partial charge in [0.05, 0.1) is 17.0 Å². The average molecular weight is 460 g/mol. The highest BCUT2D eigenvalue weighted by Crippen LogP contribution is 2.22. The summed E-state index contributed by atoms with van der Waals surface area (Å²) in [5.41, 5.74) is 0.831. The fourth-order valence-corrected chi connectivity index (χ4v) is 5.44. The van der Waals surface area contributed by atoms with Crippen molar-refractivity contribution in [2.24, 2.45) is 0 Å². The Morgan fingerprint density at radius 3 is 2.16 bits per heavy atom. The second-order valence-electron chi connectivity index (χ2n) is 8.65. The van der Waals surface area contributed by atoms with Crippen LogP contribution < -0.4 is 5.32 Å².